The summed E-state index contributed by atoms with van der Waals surface area (Å²) in [6.07, 6.45) is -1.06. The lowest BCUT2D eigenvalue weighted by Gasteiger charge is -2.28. The molecule has 2 saturated heterocycles. The molecule has 3 nitrogen and oxygen atoms in total. The molecule has 1 aromatic carbocycles. The predicted molar refractivity (Wildman–Crippen MR) is 70.9 cm³/mol. The average molecular weight is 301 g/mol. The smallest absolute Gasteiger partial charge is 0.406 e. The molecule has 3 rings (SSSR count). The summed E-state index contributed by atoms with van der Waals surface area (Å²) in [5.41, 5.74) is 0.806. The number of nitrogens with one attached hydrogen (secondary N) is 1. The van der Waals surface area contributed by atoms with Gasteiger partial charge in [0.2, 0.25) is 0 Å². The van der Waals surface area contributed by atoms with Gasteiger partial charge in [-0.15, -0.1) is 13.2 Å². The van der Waals surface area contributed by atoms with E-state index in [1.165, 1.54) is 12.1 Å². The van der Waals surface area contributed by atoms with E-state index in [1.807, 2.05) is 13.1 Å². The van der Waals surface area contributed by atoms with Crippen molar-refractivity contribution in [2.24, 2.45) is 5.92 Å². The van der Waals surface area contributed by atoms with Crippen LogP contribution in [-0.2, 0) is 4.74 Å². The van der Waals surface area contributed by atoms with Crippen molar-refractivity contribution in [2.45, 2.75) is 43.9 Å². The van der Waals surface area contributed by atoms with Gasteiger partial charge in [0.25, 0.3) is 0 Å². The molecule has 0 radical (unpaired) electrons. The first kappa shape index (κ1) is 14.7. The molecule has 2 aliphatic rings. The Morgan fingerprint density at radius 1 is 1.33 bits per heavy atom. The van der Waals surface area contributed by atoms with E-state index in [9.17, 15) is 13.2 Å². The summed E-state index contributed by atoms with van der Waals surface area (Å²) >= 11 is 0. The second-order valence-corrected chi connectivity index (χ2v) is 5.66. The summed E-state index contributed by atoms with van der Waals surface area (Å²) < 4.78 is 46.8. The number of rotatable bonds is 4. The van der Waals surface area contributed by atoms with Gasteiger partial charge >= 0.3 is 6.36 Å². The van der Waals surface area contributed by atoms with Gasteiger partial charge in [0.05, 0.1) is 12.2 Å². The van der Waals surface area contributed by atoms with Crippen LogP contribution >= 0.6 is 0 Å². The molecule has 0 spiro atoms. The van der Waals surface area contributed by atoms with Crippen molar-refractivity contribution in [1.82, 2.24) is 5.32 Å². The fourth-order valence-electron chi connectivity index (χ4n) is 3.56. The second-order valence-electron chi connectivity index (χ2n) is 5.66. The number of hydrogen-bond acceptors (Lipinski definition) is 3. The molecule has 2 heterocycles. The van der Waals surface area contributed by atoms with Gasteiger partial charge in [-0.1, -0.05) is 12.1 Å². The minimum Gasteiger partial charge on any atom is -0.406 e. The molecule has 4 atom stereocenters. The number of halogens is 3. The molecule has 4 unspecified atom stereocenters. The zero-order valence-electron chi connectivity index (χ0n) is 11.7. The van der Waals surface area contributed by atoms with E-state index in [1.54, 1.807) is 6.07 Å². The maximum absolute atomic E-state index is 12.3. The Morgan fingerprint density at radius 3 is 2.71 bits per heavy atom. The summed E-state index contributed by atoms with van der Waals surface area (Å²) in [5, 5.41) is 3.22. The van der Waals surface area contributed by atoms with Crippen LogP contribution in [-0.4, -0.2) is 25.6 Å². The number of benzene rings is 1. The number of hydrogen-bond donors (Lipinski definition) is 1. The third kappa shape index (κ3) is 3.16. The summed E-state index contributed by atoms with van der Waals surface area (Å²) in [6, 6.07) is 6.18. The Kier molecular flexibility index (Phi) is 3.84. The first-order valence-electron chi connectivity index (χ1n) is 7.14. The van der Waals surface area contributed by atoms with Crippen molar-refractivity contribution in [3.8, 4) is 5.75 Å². The standard InChI is InChI=1S/C15H18F3NO2/c1-19-14(12-8-10-5-6-13(12)20-10)9-3-2-4-11(7-9)21-15(16,17)18/h2-4,7,10,12-14,19H,5-6,8H2,1H3. The van der Waals surface area contributed by atoms with Gasteiger partial charge in [-0.3, -0.25) is 0 Å². The van der Waals surface area contributed by atoms with Crippen LogP contribution in [0.1, 0.15) is 30.9 Å². The Balaban J connectivity index is 1.79. The highest BCUT2D eigenvalue weighted by Crippen LogP contribution is 2.45. The second kappa shape index (κ2) is 5.50. The monoisotopic (exact) mass is 301 g/mol. The van der Waals surface area contributed by atoms with Gasteiger partial charge in [-0.2, -0.15) is 0 Å². The highest BCUT2D eigenvalue weighted by Gasteiger charge is 2.44. The Hall–Kier alpha value is -1.27. The van der Waals surface area contributed by atoms with Crippen LogP contribution in [0.4, 0.5) is 13.2 Å². The van der Waals surface area contributed by atoms with Crippen LogP contribution in [0.3, 0.4) is 0 Å². The van der Waals surface area contributed by atoms with Gasteiger partial charge in [0.1, 0.15) is 5.75 Å². The van der Waals surface area contributed by atoms with Crippen molar-refractivity contribution >= 4 is 0 Å². The van der Waals surface area contributed by atoms with E-state index in [-0.39, 0.29) is 17.9 Å². The SMILES string of the molecule is CNC(c1cccc(OC(F)(F)F)c1)C1CC2CCC1O2. The lowest BCUT2D eigenvalue weighted by Crippen LogP contribution is -2.31. The molecule has 2 bridgehead atoms. The highest BCUT2D eigenvalue weighted by molar-refractivity contribution is 5.31. The molecule has 21 heavy (non-hydrogen) atoms. The van der Waals surface area contributed by atoms with Crippen molar-refractivity contribution < 1.29 is 22.6 Å². The number of alkyl halides is 3. The minimum atomic E-state index is -4.66. The quantitative estimate of drug-likeness (QED) is 0.924. The van der Waals surface area contributed by atoms with Gasteiger partial charge in [-0.05, 0) is 44.0 Å². The van der Waals surface area contributed by atoms with E-state index >= 15 is 0 Å². The van der Waals surface area contributed by atoms with Crippen molar-refractivity contribution in [2.75, 3.05) is 7.05 Å². The molecule has 2 aliphatic heterocycles. The van der Waals surface area contributed by atoms with Crippen LogP contribution < -0.4 is 10.1 Å². The normalized spacial score (nSPS) is 29.6. The van der Waals surface area contributed by atoms with Crippen molar-refractivity contribution in [3.05, 3.63) is 29.8 Å². The van der Waals surface area contributed by atoms with Gasteiger partial charge in [0.15, 0.2) is 0 Å². The van der Waals surface area contributed by atoms with Gasteiger partial charge in [-0.25, -0.2) is 0 Å². The van der Waals surface area contributed by atoms with E-state index in [4.69, 9.17) is 4.74 Å². The molecule has 1 N–H and O–H groups in total. The molecule has 2 fully saturated rings. The van der Waals surface area contributed by atoms with Crippen LogP contribution in [0.25, 0.3) is 0 Å². The molecule has 0 aliphatic carbocycles. The van der Waals surface area contributed by atoms with Gasteiger partial charge < -0.3 is 14.8 Å². The average Bonchev–Trinajstić information content (AvgIpc) is 3.00. The molecular weight excluding hydrogens is 283 g/mol. The van der Waals surface area contributed by atoms with Crippen LogP contribution in [0.2, 0.25) is 0 Å². The fourth-order valence-corrected chi connectivity index (χ4v) is 3.56. The molecule has 0 aromatic heterocycles. The van der Waals surface area contributed by atoms with E-state index in [0.29, 0.717) is 12.0 Å². The van der Waals surface area contributed by atoms with E-state index < -0.39 is 6.36 Å². The van der Waals surface area contributed by atoms with Crippen LogP contribution in [0, 0.1) is 5.92 Å². The van der Waals surface area contributed by atoms with Crippen LogP contribution in [0.15, 0.2) is 24.3 Å². The Morgan fingerprint density at radius 2 is 2.14 bits per heavy atom. The zero-order chi connectivity index (χ0) is 15.0. The molecule has 0 amide bonds. The van der Waals surface area contributed by atoms with Gasteiger partial charge in [0, 0.05) is 12.0 Å². The summed E-state index contributed by atoms with van der Waals surface area (Å²) in [6.45, 7) is 0. The first-order chi connectivity index (χ1) is 9.96. The number of fused-ring (bicyclic) bond motifs is 2. The minimum absolute atomic E-state index is 0.0166. The summed E-state index contributed by atoms with van der Waals surface area (Å²) in [7, 11) is 1.83. The zero-order valence-corrected chi connectivity index (χ0v) is 11.7. The molecular formula is C15H18F3NO2. The lowest BCUT2D eigenvalue weighted by molar-refractivity contribution is -0.274. The topological polar surface area (TPSA) is 30.5 Å². The molecule has 6 heteroatoms. The molecule has 0 saturated carbocycles. The largest absolute Gasteiger partial charge is 0.573 e. The fraction of sp³-hybridized carbons (Fsp3) is 0.600. The Labute approximate surface area is 121 Å². The maximum Gasteiger partial charge on any atom is 0.573 e. The van der Waals surface area contributed by atoms with Crippen LogP contribution in [0.5, 0.6) is 5.75 Å². The summed E-state index contributed by atoms with van der Waals surface area (Å²) in [5.74, 6) is 0.124. The lowest BCUT2D eigenvalue weighted by atomic mass is 9.81. The maximum atomic E-state index is 12.3. The third-order valence-electron chi connectivity index (χ3n) is 4.34. The Bertz CT molecular complexity index is 506. The van der Waals surface area contributed by atoms with E-state index in [2.05, 4.69) is 10.1 Å². The first-order valence-corrected chi connectivity index (χ1v) is 7.14. The third-order valence-corrected chi connectivity index (χ3v) is 4.34. The van der Waals surface area contributed by atoms with Crippen molar-refractivity contribution in [3.63, 3.8) is 0 Å². The number of ether oxygens (including phenoxy) is 2. The van der Waals surface area contributed by atoms with Crippen molar-refractivity contribution in [1.29, 1.82) is 0 Å². The highest BCUT2D eigenvalue weighted by atomic mass is 19.4. The molecule has 116 valence electrons. The predicted octanol–water partition coefficient (Wildman–Crippen LogP) is 3.41. The van der Waals surface area contributed by atoms with E-state index in [0.717, 1.165) is 24.8 Å². The molecule has 1 aromatic rings. The summed E-state index contributed by atoms with van der Waals surface area (Å²) in [4.78, 5) is 0.